The molecule has 0 spiro atoms. The molecule has 11 nitrogen and oxygen atoms in total. The predicted octanol–water partition coefficient (Wildman–Crippen LogP) is 3.94. The molecule has 1 aromatic carbocycles. The average molecular weight is 590 g/mol. The average Bonchev–Trinajstić information content (AvgIpc) is 2.74. The Morgan fingerprint density at radius 2 is 1.77 bits per heavy atom. The number of anilines is 1. The number of carbonyl (C=O) groups is 2. The number of halogens is 1. The first-order chi connectivity index (χ1) is 16.2. The molecule has 0 saturated heterocycles. The van der Waals surface area contributed by atoms with E-state index < -0.39 is 35.2 Å². The molecule has 0 saturated carbocycles. The van der Waals surface area contributed by atoms with Gasteiger partial charge in [0.2, 0.25) is 11.8 Å². The number of ether oxygens (including phenoxy) is 2. The fraction of sp³-hybridized carbons (Fsp3) is 0.429. The first-order valence-corrected chi connectivity index (χ1v) is 15.7. The summed E-state index contributed by atoms with van der Waals surface area (Å²) in [6.45, 7) is 10.6. The normalized spacial score (nSPS) is 12.1. The number of esters is 1. The van der Waals surface area contributed by atoms with Crippen LogP contribution in [0.1, 0.15) is 31.1 Å². The monoisotopic (exact) mass is 588 g/mol. The molecule has 0 unspecified atom stereocenters. The van der Waals surface area contributed by atoms with Gasteiger partial charge >= 0.3 is 12.0 Å². The van der Waals surface area contributed by atoms with E-state index in [9.17, 15) is 18.0 Å². The van der Waals surface area contributed by atoms with Crippen LogP contribution < -0.4 is 14.8 Å². The van der Waals surface area contributed by atoms with Crippen LogP contribution in [-0.4, -0.2) is 59.0 Å². The summed E-state index contributed by atoms with van der Waals surface area (Å²) >= 11 is 3.13. The Kier molecular flexibility index (Phi) is 9.39. The van der Waals surface area contributed by atoms with Crippen LogP contribution >= 0.6 is 15.9 Å². The predicted molar refractivity (Wildman–Crippen MR) is 135 cm³/mol. The maximum Gasteiger partial charge on any atom is 0.339 e. The lowest BCUT2D eigenvalue weighted by Gasteiger charge is -2.36. The van der Waals surface area contributed by atoms with Gasteiger partial charge in [-0.15, -0.1) is 0 Å². The summed E-state index contributed by atoms with van der Waals surface area (Å²) in [7, 11) is -5.09. The van der Waals surface area contributed by atoms with Crippen molar-refractivity contribution in [3.8, 4) is 5.88 Å². The number of benzene rings is 1. The first kappa shape index (κ1) is 28.7. The summed E-state index contributed by atoms with van der Waals surface area (Å²) < 4.78 is 44.0. The first-order valence-electron chi connectivity index (χ1n) is 10.5. The van der Waals surface area contributed by atoms with Crippen molar-refractivity contribution in [2.45, 2.75) is 43.8 Å². The van der Waals surface area contributed by atoms with Crippen LogP contribution in [0.4, 0.5) is 10.7 Å². The molecule has 0 fully saturated rings. The number of aromatic nitrogens is 2. The van der Waals surface area contributed by atoms with E-state index in [0.717, 1.165) is 0 Å². The van der Waals surface area contributed by atoms with Gasteiger partial charge < -0.3 is 13.9 Å². The van der Waals surface area contributed by atoms with Gasteiger partial charge in [-0.05, 0) is 46.2 Å². The molecule has 35 heavy (non-hydrogen) atoms. The second-order valence-corrected chi connectivity index (χ2v) is 16.1. The van der Waals surface area contributed by atoms with Gasteiger partial charge in [0.25, 0.3) is 10.0 Å². The van der Waals surface area contributed by atoms with Gasteiger partial charge in [0.05, 0.1) is 19.3 Å². The number of amides is 2. The number of carbonyl (C=O) groups excluding carboxylic acids is 2. The number of sulfonamides is 1. The van der Waals surface area contributed by atoms with Crippen molar-refractivity contribution in [1.29, 1.82) is 0 Å². The number of methoxy groups -OCH3 is 1. The quantitative estimate of drug-likeness (QED) is 0.192. The molecule has 1 aromatic heterocycles. The molecule has 2 N–H and O–H groups in total. The molecule has 2 aromatic rings. The molecule has 0 radical (unpaired) electrons. The lowest BCUT2D eigenvalue weighted by Crippen LogP contribution is -2.41. The highest BCUT2D eigenvalue weighted by Gasteiger charge is 2.37. The van der Waals surface area contributed by atoms with Gasteiger partial charge in [0.1, 0.15) is 16.1 Å². The second-order valence-electron chi connectivity index (χ2n) is 8.86. The lowest BCUT2D eigenvalue weighted by molar-refractivity contribution is 0.0437. The Labute approximate surface area is 214 Å². The number of nitrogens with zero attached hydrogens (tertiary/aromatic N) is 2. The fourth-order valence-electron chi connectivity index (χ4n) is 2.46. The van der Waals surface area contributed by atoms with Gasteiger partial charge in [-0.1, -0.05) is 32.9 Å². The van der Waals surface area contributed by atoms with Crippen LogP contribution in [0.2, 0.25) is 18.1 Å². The third kappa shape index (κ3) is 7.98. The smallest absolute Gasteiger partial charge is 0.339 e. The summed E-state index contributed by atoms with van der Waals surface area (Å²) in [6.07, 6.45) is 0. The van der Waals surface area contributed by atoms with E-state index in [1.807, 2.05) is 4.72 Å². The Morgan fingerprint density at radius 1 is 1.11 bits per heavy atom. The number of rotatable bonds is 9. The SMILES string of the molecule is COc1cc(Br)nc(NC(=O)NS(=O)(=O)c2ccccc2C(=O)OCCO[Si](C)(C)C(C)(C)C)n1. The van der Waals surface area contributed by atoms with E-state index in [1.54, 1.807) is 0 Å². The van der Waals surface area contributed by atoms with Crippen molar-refractivity contribution in [3.63, 3.8) is 0 Å². The van der Waals surface area contributed by atoms with Crippen LogP contribution in [-0.2, 0) is 19.2 Å². The van der Waals surface area contributed by atoms with Gasteiger partial charge in [-0.3, -0.25) is 5.32 Å². The fourth-order valence-corrected chi connectivity index (χ4v) is 4.95. The van der Waals surface area contributed by atoms with Gasteiger partial charge in [-0.2, -0.15) is 4.98 Å². The Bertz CT molecular complexity index is 1190. The van der Waals surface area contributed by atoms with Crippen LogP contribution in [0.5, 0.6) is 5.88 Å². The molecule has 0 aliphatic heterocycles. The van der Waals surface area contributed by atoms with Crippen molar-refractivity contribution in [2.24, 2.45) is 0 Å². The third-order valence-corrected chi connectivity index (χ3v) is 11.6. The summed E-state index contributed by atoms with van der Waals surface area (Å²) in [5.74, 6) is -0.903. The van der Waals surface area contributed by atoms with Crippen LogP contribution in [0, 0.1) is 0 Å². The number of hydrogen-bond acceptors (Lipinski definition) is 9. The van der Waals surface area contributed by atoms with Crippen molar-refractivity contribution in [1.82, 2.24) is 14.7 Å². The maximum absolute atomic E-state index is 12.8. The molecule has 0 bridgehead atoms. The zero-order valence-electron chi connectivity index (χ0n) is 20.3. The van der Waals surface area contributed by atoms with Gasteiger partial charge in [0, 0.05) is 6.07 Å². The van der Waals surface area contributed by atoms with E-state index in [1.165, 1.54) is 37.4 Å². The van der Waals surface area contributed by atoms with E-state index in [2.05, 4.69) is 65.1 Å². The highest BCUT2D eigenvalue weighted by molar-refractivity contribution is 9.10. The molecular formula is C21H29BrN4O7SSi. The molecule has 0 atom stereocenters. The molecular weight excluding hydrogens is 560 g/mol. The van der Waals surface area contributed by atoms with E-state index in [-0.39, 0.29) is 35.6 Å². The minimum atomic E-state index is -4.44. The topological polar surface area (TPSA) is 146 Å². The van der Waals surface area contributed by atoms with E-state index in [0.29, 0.717) is 4.60 Å². The number of hydrogen-bond donors (Lipinski definition) is 2. The largest absolute Gasteiger partial charge is 0.481 e. The van der Waals surface area contributed by atoms with Crippen molar-refractivity contribution in [3.05, 3.63) is 40.5 Å². The summed E-state index contributed by atoms with van der Waals surface area (Å²) in [4.78, 5) is 32.3. The number of urea groups is 1. The summed E-state index contributed by atoms with van der Waals surface area (Å²) in [6, 6.07) is 5.73. The Balaban J connectivity index is 2.08. The third-order valence-electron chi connectivity index (χ3n) is 5.31. The zero-order chi connectivity index (χ0) is 26.4. The van der Waals surface area contributed by atoms with Gasteiger partial charge in [-0.25, -0.2) is 27.7 Å². The Morgan fingerprint density at radius 3 is 2.40 bits per heavy atom. The molecule has 0 aliphatic rings. The molecule has 0 aliphatic carbocycles. The van der Waals surface area contributed by atoms with Gasteiger partial charge in [0.15, 0.2) is 8.32 Å². The molecule has 1 heterocycles. The zero-order valence-corrected chi connectivity index (χ0v) is 23.7. The van der Waals surface area contributed by atoms with E-state index >= 15 is 0 Å². The van der Waals surface area contributed by atoms with E-state index in [4.69, 9.17) is 13.9 Å². The lowest BCUT2D eigenvalue weighted by atomic mass is 10.2. The molecule has 192 valence electrons. The standard InChI is InChI=1S/C21H29BrN4O7SSi/c1-21(2,3)35(5,6)33-12-11-32-18(27)14-9-7-8-10-15(14)34(29,30)26-20(28)25-19-23-16(22)13-17(24-19)31-4/h7-10,13H,11-12H2,1-6H3,(H2,23,24,25,26,28). The minimum absolute atomic E-state index is 0.00404. The summed E-state index contributed by atoms with van der Waals surface area (Å²) in [5.41, 5.74) is -0.222. The highest BCUT2D eigenvalue weighted by Crippen LogP contribution is 2.36. The minimum Gasteiger partial charge on any atom is -0.481 e. The molecule has 2 rings (SSSR count). The number of nitrogens with one attached hydrogen (secondary N) is 2. The maximum atomic E-state index is 12.8. The Hall–Kier alpha value is -2.55. The van der Waals surface area contributed by atoms with Crippen molar-refractivity contribution in [2.75, 3.05) is 25.6 Å². The highest BCUT2D eigenvalue weighted by atomic mass is 79.9. The van der Waals surface area contributed by atoms with Crippen molar-refractivity contribution >= 4 is 52.2 Å². The van der Waals surface area contributed by atoms with Crippen LogP contribution in [0.15, 0.2) is 39.8 Å². The molecule has 2 amide bonds. The van der Waals surface area contributed by atoms with Crippen LogP contribution in [0.3, 0.4) is 0 Å². The van der Waals surface area contributed by atoms with Crippen molar-refractivity contribution < 1.29 is 31.9 Å². The van der Waals surface area contributed by atoms with Crippen LogP contribution in [0.25, 0.3) is 0 Å². The molecule has 14 heteroatoms. The summed E-state index contributed by atoms with van der Waals surface area (Å²) in [5, 5.41) is 2.21. The second kappa shape index (κ2) is 11.5.